The van der Waals surface area contributed by atoms with Gasteiger partial charge in [0.05, 0.1) is 17.7 Å². The molecule has 0 saturated heterocycles. The zero-order chi connectivity index (χ0) is 15.4. The van der Waals surface area contributed by atoms with Crippen molar-refractivity contribution in [2.75, 3.05) is 7.11 Å². The van der Waals surface area contributed by atoms with Gasteiger partial charge in [0, 0.05) is 5.56 Å². The Kier molecular flexibility index (Phi) is 4.66. The monoisotopic (exact) mass is 302 g/mol. The fraction of sp³-hybridized carbons (Fsp3) is 0.118. The predicted molar refractivity (Wildman–Crippen MR) is 84.5 cm³/mol. The zero-order valence-electron chi connectivity index (χ0n) is 11.8. The highest BCUT2D eigenvalue weighted by Crippen LogP contribution is 2.30. The molecular formula is C17H15ClO3. The average molecular weight is 303 g/mol. The molecule has 0 aromatic heterocycles. The van der Waals surface area contributed by atoms with Crippen LogP contribution in [0.25, 0.3) is 16.9 Å². The first-order valence-corrected chi connectivity index (χ1v) is 6.78. The first-order chi connectivity index (χ1) is 10.1. The molecule has 0 amide bonds. The molecule has 3 nitrogen and oxygen atoms in total. The molecule has 0 aliphatic carbocycles. The number of benzene rings is 2. The molecule has 0 bridgehead atoms. The average Bonchev–Trinajstić information content (AvgIpc) is 2.50. The number of hydrogen-bond acceptors (Lipinski definition) is 2. The summed E-state index contributed by atoms with van der Waals surface area (Å²) in [5.74, 6) is -0.222. The van der Waals surface area contributed by atoms with Crippen molar-refractivity contribution in [3.8, 4) is 11.1 Å². The van der Waals surface area contributed by atoms with E-state index in [0.29, 0.717) is 10.8 Å². The van der Waals surface area contributed by atoms with E-state index in [1.54, 1.807) is 31.4 Å². The van der Waals surface area contributed by atoms with Crippen LogP contribution in [-0.4, -0.2) is 18.2 Å². The van der Waals surface area contributed by atoms with Crippen LogP contribution in [0.1, 0.15) is 22.8 Å². The lowest BCUT2D eigenvalue weighted by atomic mass is 10.0. The lowest BCUT2D eigenvalue weighted by Crippen LogP contribution is -1.95. The Bertz CT molecular complexity index is 688. The Morgan fingerprint density at radius 2 is 1.76 bits per heavy atom. The number of carboxylic acids is 1. The summed E-state index contributed by atoms with van der Waals surface area (Å²) < 4.78 is 5.27. The minimum Gasteiger partial charge on any atom is -0.496 e. The van der Waals surface area contributed by atoms with Crippen molar-refractivity contribution in [2.45, 2.75) is 6.92 Å². The lowest BCUT2D eigenvalue weighted by molar-refractivity contribution is 0.0697. The molecule has 0 fully saturated rings. The molecule has 0 atom stereocenters. The Hall–Kier alpha value is -2.26. The fourth-order valence-corrected chi connectivity index (χ4v) is 2.36. The molecule has 21 heavy (non-hydrogen) atoms. The topological polar surface area (TPSA) is 46.5 Å². The normalized spacial score (nSPS) is 11.3. The number of aromatic carboxylic acids is 1. The van der Waals surface area contributed by atoms with Crippen molar-refractivity contribution < 1.29 is 14.6 Å². The van der Waals surface area contributed by atoms with E-state index in [4.69, 9.17) is 21.4 Å². The first kappa shape index (κ1) is 15.1. The third kappa shape index (κ3) is 3.26. The van der Waals surface area contributed by atoms with Gasteiger partial charge in [0.1, 0.15) is 5.76 Å². The van der Waals surface area contributed by atoms with Crippen LogP contribution in [0.5, 0.6) is 0 Å². The van der Waals surface area contributed by atoms with Crippen molar-refractivity contribution in [1.29, 1.82) is 0 Å². The number of carboxylic acid groups (broad SMARTS) is 1. The SMILES string of the molecule is CC=C(OC)c1ccc(-c2ccc(C(=O)O)cc2)cc1Cl. The second-order valence-electron chi connectivity index (χ2n) is 4.43. The van der Waals surface area contributed by atoms with Gasteiger partial charge in [-0.25, -0.2) is 4.79 Å². The van der Waals surface area contributed by atoms with Crippen molar-refractivity contribution in [3.05, 3.63) is 64.7 Å². The molecule has 2 aromatic carbocycles. The van der Waals surface area contributed by atoms with Crippen LogP contribution in [0, 0.1) is 0 Å². The van der Waals surface area contributed by atoms with Gasteiger partial charge in [0.15, 0.2) is 0 Å². The minimum atomic E-state index is -0.937. The number of rotatable bonds is 4. The summed E-state index contributed by atoms with van der Waals surface area (Å²) in [5.41, 5.74) is 2.92. The van der Waals surface area contributed by atoms with Crippen LogP contribution in [0.15, 0.2) is 48.5 Å². The molecular weight excluding hydrogens is 288 g/mol. The highest BCUT2D eigenvalue weighted by atomic mass is 35.5. The molecule has 0 saturated carbocycles. The summed E-state index contributed by atoms with van der Waals surface area (Å²) >= 11 is 6.30. The molecule has 0 unspecified atom stereocenters. The van der Waals surface area contributed by atoms with Gasteiger partial charge in [-0.2, -0.15) is 0 Å². The Labute approximate surface area is 128 Å². The van der Waals surface area contributed by atoms with Crippen LogP contribution >= 0.6 is 11.6 Å². The van der Waals surface area contributed by atoms with Gasteiger partial charge in [-0.3, -0.25) is 0 Å². The van der Waals surface area contributed by atoms with Gasteiger partial charge in [-0.05, 0) is 48.4 Å². The van der Waals surface area contributed by atoms with Crippen LogP contribution < -0.4 is 0 Å². The molecule has 0 aliphatic heterocycles. The smallest absolute Gasteiger partial charge is 0.335 e. The molecule has 4 heteroatoms. The summed E-state index contributed by atoms with van der Waals surface area (Å²) in [6.45, 7) is 1.88. The zero-order valence-corrected chi connectivity index (χ0v) is 12.5. The quantitative estimate of drug-likeness (QED) is 0.832. The summed E-state index contributed by atoms with van der Waals surface area (Å²) in [7, 11) is 1.60. The van der Waals surface area contributed by atoms with Crippen LogP contribution in [0.3, 0.4) is 0 Å². The van der Waals surface area contributed by atoms with Crippen LogP contribution in [-0.2, 0) is 4.74 Å². The number of hydrogen-bond donors (Lipinski definition) is 1. The van der Waals surface area contributed by atoms with E-state index in [9.17, 15) is 4.79 Å². The number of carbonyl (C=O) groups is 1. The van der Waals surface area contributed by atoms with Crippen molar-refractivity contribution >= 4 is 23.3 Å². The molecule has 1 N–H and O–H groups in total. The Morgan fingerprint density at radius 1 is 1.14 bits per heavy atom. The molecule has 0 aliphatic rings. The van der Waals surface area contributed by atoms with Gasteiger partial charge in [0.2, 0.25) is 0 Å². The van der Waals surface area contributed by atoms with Gasteiger partial charge in [0.25, 0.3) is 0 Å². The van der Waals surface area contributed by atoms with Gasteiger partial charge in [-0.15, -0.1) is 0 Å². The maximum atomic E-state index is 10.8. The Balaban J connectivity index is 2.38. The van der Waals surface area contributed by atoms with E-state index in [0.717, 1.165) is 16.7 Å². The van der Waals surface area contributed by atoms with Gasteiger partial charge in [-0.1, -0.05) is 29.8 Å². The van der Waals surface area contributed by atoms with E-state index < -0.39 is 5.97 Å². The van der Waals surface area contributed by atoms with E-state index >= 15 is 0 Å². The third-order valence-corrected chi connectivity index (χ3v) is 3.49. The highest BCUT2D eigenvalue weighted by molar-refractivity contribution is 6.32. The summed E-state index contributed by atoms with van der Waals surface area (Å²) in [5, 5.41) is 9.49. The number of allylic oxidation sites excluding steroid dienone is 1. The number of halogens is 1. The second kappa shape index (κ2) is 6.46. The standard InChI is InChI=1S/C17H15ClO3/c1-3-16(21-2)14-9-8-13(10-15(14)18)11-4-6-12(7-5-11)17(19)20/h3-10H,1-2H3,(H,19,20). The van der Waals surface area contributed by atoms with E-state index in [2.05, 4.69) is 0 Å². The second-order valence-corrected chi connectivity index (χ2v) is 4.84. The van der Waals surface area contributed by atoms with Crippen LogP contribution in [0.4, 0.5) is 0 Å². The molecule has 0 radical (unpaired) electrons. The first-order valence-electron chi connectivity index (χ1n) is 6.40. The van der Waals surface area contributed by atoms with Gasteiger partial charge >= 0.3 is 5.97 Å². The van der Waals surface area contributed by atoms with E-state index in [1.807, 2.05) is 31.2 Å². The number of methoxy groups -OCH3 is 1. The maximum absolute atomic E-state index is 10.8. The molecule has 0 heterocycles. The van der Waals surface area contributed by atoms with Gasteiger partial charge < -0.3 is 9.84 Å². The summed E-state index contributed by atoms with van der Waals surface area (Å²) in [4.78, 5) is 10.8. The maximum Gasteiger partial charge on any atom is 0.335 e. The number of ether oxygens (including phenoxy) is 1. The largest absolute Gasteiger partial charge is 0.496 e. The summed E-state index contributed by atoms with van der Waals surface area (Å²) in [6, 6.07) is 12.3. The van der Waals surface area contributed by atoms with Crippen molar-refractivity contribution in [1.82, 2.24) is 0 Å². The molecule has 0 spiro atoms. The van der Waals surface area contributed by atoms with Crippen molar-refractivity contribution in [3.63, 3.8) is 0 Å². The summed E-state index contributed by atoms with van der Waals surface area (Å²) in [6.07, 6.45) is 1.85. The van der Waals surface area contributed by atoms with E-state index in [-0.39, 0.29) is 5.56 Å². The Morgan fingerprint density at radius 3 is 2.24 bits per heavy atom. The van der Waals surface area contributed by atoms with Crippen molar-refractivity contribution in [2.24, 2.45) is 0 Å². The molecule has 108 valence electrons. The minimum absolute atomic E-state index is 0.261. The molecule has 2 rings (SSSR count). The van der Waals surface area contributed by atoms with Crippen LogP contribution in [0.2, 0.25) is 5.02 Å². The predicted octanol–water partition coefficient (Wildman–Crippen LogP) is 4.71. The van der Waals surface area contributed by atoms with E-state index in [1.165, 1.54) is 0 Å². The lowest BCUT2D eigenvalue weighted by Gasteiger charge is -2.10. The third-order valence-electron chi connectivity index (χ3n) is 3.18. The highest BCUT2D eigenvalue weighted by Gasteiger charge is 2.09. The fourth-order valence-electron chi connectivity index (χ4n) is 2.08. The molecule has 2 aromatic rings.